The Morgan fingerprint density at radius 3 is 2.35 bits per heavy atom. The first-order valence-electron chi connectivity index (χ1n) is 6.59. The van der Waals surface area contributed by atoms with Crippen molar-refractivity contribution in [1.29, 1.82) is 0 Å². The van der Waals surface area contributed by atoms with Gasteiger partial charge >= 0.3 is 5.97 Å². The Kier molecular flexibility index (Phi) is 6.43. The molecule has 0 aliphatic rings. The van der Waals surface area contributed by atoms with Gasteiger partial charge < -0.3 is 10.1 Å². The van der Waals surface area contributed by atoms with Crippen molar-refractivity contribution in [3.63, 3.8) is 0 Å². The molecule has 0 bridgehead atoms. The molecule has 0 saturated carbocycles. The van der Waals surface area contributed by atoms with Crippen LogP contribution in [0.1, 0.15) is 43.5 Å². The van der Waals surface area contributed by atoms with Crippen LogP contribution in [0.5, 0.6) is 0 Å². The second-order valence-corrected chi connectivity index (χ2v) is 4.49. The minimum Gasteiger partial charge on any atom is -0.462 e. The van der Waals surface area contributed by atoms with Crippen LogP contribution in [0, 0.1) is 0 Å². The van der Waals surface area contributed by atoms with E-state index in [2.05, 4.69) is 5.32 Å². The van der Waals surface area contributed by atoms with Gasteiger partial charge in [0.15, 0.2) is 0 Å². The second kappa shape index (κ2) is 8.09. The van der Waals surface area contributed by atoms with Crippen molar-refractivity contribution in [2.24, 2.45) is 0 Å². The zero-order valence-corrected chi connectivity index (χ0v) is 11.8. The number of nitrogens with one attached hydrogen (secondary N) is 1. The van der Waals surface area contributed by atoms with Gasteiger partial charge in [-0.05, 0) is 37.6 Å². The van der Waals surface area contributed by atoms with Crippen LogP contribution in [0.25, 0.3) is 0 Å². The summed E-state index contributed by atoms with van der Waals surface area (Å²) in [5.74, 6) is -0.936. The van der Waals surface area contributed by atoms with Crippen LogP contribution < -0.4 is 5.32 Å². The highest BCUT2D eigenvalue weighted by Crippen LogP contribution is 2.11. The monoisotopic (exact) mass is 277 g/mol. The average Bonchev–Trinajstić information content (AvgIpc) is 2.38. The molecule has 5 nitrogen and oxygen atoms in total. The molecule has 0 aliphatic heterocycles. The van der Waals surface area contributed by atoms with Gasteiger partial charge in [0, 0.05) is 5.69 Å². The summed E-state index contributed by atoms with van der Waals surface area (Å²) in [6.07, 6.45) is 1.65. The van der Waals surface area contributed by atoms with Crippen molar-refractivity contribution >= 4 is 23.3 Å². The fourth-order valence-electron chi connectivity index (χ4n) is 1.51. The Morgan fingerprint density at radius 1 is 1.15 bits per heavy atom. The molecule has 1 N–H and O–H groups in total. The van der Waals surface area contributed by atoms with Gasteiger partial charge in [-0.3, -0.25) is 9.59 Å². The quantitative estimate of drug-likeness (QED) is 0.472. The Morgan fingerprint density at radius 2 is 1.80 bits per heavy atom. The molecule has 5 heteroatoms. The van der Waals surface area contributed by atoms with E-state index in [-0.39, 0.29) is 24.1 Å². The molecule has 20 heavy (non-hydrogen) atoms. The Balaban J connectivity index is 2.53. The number of ketones is 1. The molecule has 1 rings (SSSR count). The number of carbonyl (C=O) groups is 3. The topological polar surface area (TPSA) is 72.5 Å². The number of rotatable bonds is 7. The standard InChI is InChI=1S/C15H19NO4/c1-3-4-9-20-15(19)12-5-7-13(8-6-12)16-14(18)10-11(2)17/h5-8H,3-4,9-10H2,1-2H3,(H,16,18). The predicted octanol–water partition coefficient (Wildman–Crippen LogP) is 2.56. The average molecular weight is 277 g/mol. The molecule has 0 aliphatic carbocycles. The van der Waals surface area contributed by atoms with E-state index in [0.29, 0.717) is 17.9 Å². The zero-order chi connectivity index (χ0) is 15.0. The highest BCUT2D eigenvalue weighted by atomic mass is 16.5. The summed E-state index contributed by atoms with van der Waals surface area (Å²) in [7, 11) is 0. The van der Waals surface area contributed by atoms with Crippen molar-refractivity contribution in [2.75, 3.05) is 11.9 Å². The van der Waals surface area contributed by atoms with Gasteiger partial charge in [-0.1, -0.05) is 13.3 Å². The number of Topliss-reactive ketones (excluding diaryl/α,β-unsaturated/α-hetero) is 1. The normalized spacial score (nSPS) is 9.90. The van der Waals surface area contributed by atoms with Crippen LogP contribution in [-0.4, -0.2) is 24.3 Å². The molecule has 0 spiro atoms. The van der Waals surface area contributed by atoms with E-state index in [0.717, 1.165) is 12.8 Å². The van der Waals surface area contributed by atoms with E-state index in [1.54, 1.807) is 24.3 Å². The van der Waals surface area contributed by atoms with Gasteiger partial charge in [0.1, 0.15) is 5.78 Å². The maximum Gasteiger partial charge on any atom is 0.338 e. The van der Waals surface area contributed by atoms with Crippen molar-refractivity contribution < 1.29 is 19.1 Å². The fourth-order valence-corrected chi connectivity index (χ4v) is 1.51. The summed E-state index contributed by atoms with van der Waals surface area (Å²) in [6, 6.07) is 6.37. The van der Waals surface area contributed by atoms with Crippen molar-refractivity contribution in [3.05, 3.63) is 29.8 Å². The van der Waals surface area contributed by atoms with Crippen molar-refractivity contribution in [3.8, 4) is 0 Å². The third-order valence-corrected chi connectivity index (χ3v) is 2.54. The lowest BCUT2D eigenvalue weighted by molar-refractivity contribution is -0.124. The van der Waals surface area contributed by atoms with Gasteiger partial charge in [-0.25, -0.2) is 4.79 Å². The first-order chi connectivity index (χ1) is 9.52. The lowest BCUT2D eigenvalue weighted by Crippen LogP contribution is -2.14. The predicted molar refractivity (Wildman–Crippen MR) is 75.6 cm³/mol. The van der Waals surface area contributed by atoms with E-state index in [1.165, 1.54) is 6.92 Å². The SMILES string of the molecule is CCCCOC(=O)c1ccc(NC(=O)CC(C)=O)cc1. The van der Waals surface area contributed by atoms with E-state index >= 15 is 0 Å². The Labute approximate surface area is 118 Å². The molecule has 0 radical (unpaired) electrons. The first-order valence-corrected chi connectivity index (χ1v) is 6.59. The lowest BCUT2D eigenvalue weighted by Gasteiger charge is -2.06. The molecule has 1 aromatic carbocycles. The smallest absolute Gasteiger partial charge is 0.338 e. The zero-order valence-electron chi connectivity index (χ0n) is 11.8. The maximum absolute atomic E-state index is 11.6. The summed E-state index contributed by atoms with van der Waals surface area (Å²) in [5, 5.41) is 2.58. The van der Waals surface area contributed by atoms with Crippen molar-refractivity contribution in [2.45, 2.75) is 33.1 Å². The molecule has 0 atom stereocenters. The molecular weight excluding hydrogens is 258 g/mol. The molecule has 1 aromatic rings. The third kappa shape index (κ3) is 5.65. The van der Waals surface area contributed by atoms with Crippen LogP contribution in [0.4, 0.5) is 5.69 Å². The molecular formula is C15H19NO4. The van der Waals surface area contributed by atoms with Crippen LogP contribution in [-0.2, 0) is 14.3 Å². The van der Waals surface area contributed by atoms with Crippen LogP contribution in [0.3, 0.4) is 0 Å². The van der Waals surface area contributed by atoms with Crippen LogP contribution >= 0.6 is 0 Å². The van der Waals surface area contributed by atoms with Crippen LogP contribution in [0.2, 0.25) is 0 Å². The Bertz CT molecular complexity index is 479. The molecule has 0 aromatic heterocycles. The van der Waals surface area contributed by atoms with Gasteiger partial charge in [0.05, 0.1) is 18.6 Å². The highest BCUT2D eigenvalue weighted by Gasteiger charge is 2.08. The van der Waals surface area contributed by atoms with E-state index in [4.69, 9.17) is 4.74 Å². The number of amides is 1. The van der Waals surface area contributed by atoms with E-state index in [9.17, 15) is 14.4 Å². The van der Waals surface area contributed by atoms with Gasteiger partial charge in [0.2, 0.25) is 5.91 Å². The molecule has 0 unspecified atom stereocenters. The number of carbonyl (C=O) groups excluding carboxylic acids is 3. The number of benzene rings is 1. The summed E-state index contributed by atoms with van der Waals surface area (Å²) in [6.45, 7) is 3.79. The van der Waals surface area contributed by atoms with Gasteiger partial charge in [-0.2, -0.15) is 0 Å². The number of esters is 1. The van der Waals surface area contributed by atoms with E-state index in [1.807, 2.05) is 6.92 Å². The summed E-state index contributed by atoms with van der Waals surface area (Å²) < 4.78 is 5.07. The Hall–Kier alpha value is -2.17. The molecule has 0 saturated heterocycles. The highest BCUT2D eigenvalue weighted by molar-refractivity contribution is 6.03. The van der Waals surface area contributed by atoms with Crippen LogP contribution in [0.15, 0.2) is 24.3 Å². The molecule has 0 fully saturated rings. The number of hydrogen-bond acceptors (Lipinski definition) is 4. The number of hydrogen-bond donors (Lipinski definition) is 1. The summed E-state index contributed by atoms with van der Waals surface area (Å²) in [5.41, 5.74) is 0.979. The maximum atomic E-state index is 11.6. The number of anilines is 1. The minimum absolute atomic E-state index is 0.152. The van der Waals surface area contributed by atoms with Gasteiger partial charge in [-0.15, -0.1) is 0 Å². The first kappa shape index (κ1) is 15.9. The summed E-state index contributed by atoms with van der Waals surface area (Å²) >= 11 is 0. The number of unbranched alkanes of at least 4 members (excludes halogenated alkanes) is 1. The minimum atomic E-state index is -0.375. The lowest BCUT2D eigenvalue weighted by atomic mass is 10.2. The van der Waals surface area contributed by atoms with Crippen molar-refractivity contribution in [1.82, 2.24) is 0 Å². The molecule has 1 amide bonds. The third-order valence-electron chi connectivity index (χ3n) is 2.54. The number of ether oxygens (including phenoxy) is 1. The largest absolute Gasteiger partial charge is 0.462 e. The molecule has 108 valence electrons. The van der Waals surface area contributed by atoms with E-state index < -0.39 is 0 Å². The summed E-state index contributed by atoms with van der Waals surface area (Å²) in [4.78, 5) is 33.8. The second-order valence-electron chi connectivity index (χ2n) is 4.49. The van der Waals surface area contributed by atoms with Gasteiger partial charge in [0.25, 0.3) is 0 Å². The fraction of sp³-hybridized carbons (Fsp3) is 0.400. The molecule has 0 heterocycles.